The molecule has 2 atom stereocenters. The number of nitrogens with zero attached hydrogens (tertiary/aromatic N) is 1. The summed E-state index contributed by atoms with van der Waals surface area (Å²) in [5, 5.41) is 0. The van der Waals surface area contributed by atoms with Gasteiger partial charge in [-0.1, -0.05) is 30.3 Å². The molecule has 0 bridgehead atoms. The Morgan fingerprint density at radius 1 is 1.21 bits per heavy atom. The fraction of sp³-hybridized carbons (Fsp3) is 0.333. The highest BCUT2D eigenvalue weighted by molar-refractivity contribution is 9.11. The quantitative estimate of drug-likeness (QED) is 0.891. The minimum absolute atomic E-state index is 0.0965. The summed E-state index contributed by atoms with van der Waals surface area (Å²) in [6.45, 7) is 2.97. The molecule has 0 aliphatic rings. The molecule has 0 radical (unpaired) electrons. The first-order chi connectivity index (χ1) is 9.08. The van der Waals surface area contributed by atoms with Crippen molar-refractivity contribution in [2.45, 2.75) is 25.6 Å². The van der Waals surface area contributed by atoms with E-state index in [1.165, 1.54) is 10.4 Å². The van der Waals surface area contributed by atoms with Crippen LogP contribution < -0.4 is 5.73 Å². The van der Waals surface area contributed by atoms with Crippen LogP contribution in [0.1, 0.15) is 23.4 Å². The molecule has 2 aromatic rings. The number of hydrogen-bond acceptors (Lipinski definition) is 3. The Bertz CT molecular complexity index is 510. The molecule has 1 aromatic carbocycles. The highest BCUT2D eigenvalue weighted by atomic mass is 79.9. The molecule has 0 saturated heterocycles. The van der Waals surface area contributed by atoms with E-state index < -0.39 is 0 Å². The van der Waals surface area contributed by atoms with Gasteiger partial charge in [-0.2, -0.15) is 0 Å². The standard InChI is InChI=1S/C15H19BrN2S/c1-11(17)15(13-8-9-14(16)19-13)18(2)10-12-6-4-3-5-7-12/h3-9,11,15H,10,17H2,1-2H3. The lowest BCUT2D eigenvalue weighted by atomic mass is 10.1. The molecule has 4 heteroatoms. The summed E-state index contributed by atoms with van der Waals surface area (Å²) < 4.78 is 1.15. The van der Waals surface area contributed by atoms with Crippen molar-refractivity contribution < 1.29 is 0 Å². The Morgan fingerprint density at radius 3 is 2.42 bits per heavy atom. The van der Waals surface area contributed by atoms with Crippen LogP contribution in [0.2, 0.25) is 0 Å². The Hall–Kier alpha value is -0.680. The minimum atomic E-state index is 0.0965. The number of rotatable bonds is 5. The van der Waals surface area contributed by atoms with Gasteiger partial charge in [0.05, 0.1) is 9.83 Å². The Labute approximate surface area is 127 Å². The third-order valence-corrected chi connectivity index (χ3v) is 4.83. The van der Waals surface area contributed by atoms with Gasteiger partial charge < -0.3 is 5.73 Å². The van der Waals surface area contributed by atoms with Gasteiger partial charge in [0.15, 0.2) is 0 Å². The molecule has 0 aliphatic heterocycles. The molecule has 19 heavy (non-hydrogen) atoms. The van der Waals surface area contributed by atoms with Crippen LogP contribution in [0.15, 0.2) is 46.3 Å². The third kappa shape index (κ3) is 3.89. The van der Waals surface area contributed by atoms with Crippen molar-refractivity contribution >= 4 is 27.3 Å². The van der Waals surface area contributed by atoms with Crippen LogP contribution in [-0.2, 0) is 6.54 Å². The molecule has 102 valence electrons. The van der Waals surface area contributed by atoms with E-state index in [2.05, 4.69) is 71.2 Å². The fourth-order valence-electron chi connectivity index (χ4n) is 2.33. The summed E-state index contributed by atoms with van der Waals surface area (Å²) in [5.74, 6) is 0. The lowest BCUT2D eigenvalue weighted by Crippen LogP contribution is -2.36. The van der Waals surface area contributed by atoms with Crippen LogP contribution in [0, 0.1) is 0 Å². The van der Waals surface area contributed by atoms with Gasteiger partial charge in [-0.3, -0.25) is 4.90 Å². The van der Waals surface area contributed by atoms with Gasteiger partial charge in [-0.05, 0) is 47.6 Å². The van der Waals surface area contributed by atoms with Crippen molar-refractivity contribution in [3.8, 4) is 0 Å². The van der Waals surface area contributed by atoms with E-state index in [0.29, 0.717) is 0 Å². The van der Waals surface area contributed by atoms with Crippen LogP contribution in [0.4, 0.5) is 0 Å². The van der Waals surface area contributed by atoms with Crippen LogP contribution in [-0.4, -0.2) is 18.0 Å². The summed E-state index contributed by atoms with van der Waals surface area (Å²) >= 11 is 5.28. The van der Waals surface area contributed by atoms with E-state index in [-0.39, 0.29) is 12.1 Å². The van der Waals surface area contributed by atoms with E-state index in [4.69, 9.17) is 5.73 Å². The summed E-state index contributed by atoms with van der Waals surface area (Å²) in [6, 6.07) is 15.1. The minimum Gasteiger partial charge on any atom is -0.326 e. The predicted octanol–water partition coefficient (Wildman–Crippen LogP) is 4.03. The zero-order valence-corrected chi connectivity index (χ0v) is 13.6. The topological polar surface area (TPSA) is 29.3 Å². The molecule has 0 saturated carbocycles. The van der Waals surface area contributed by atoms with Gasteiger partial charge in [0.1, 0.15) is 0 Å². The average molecular weight is 339 g/mol. The highest BCUT2D eigenvalue weighted by Gasteiger charge is 2.22. The van der Waals surface area contributed by atoms with Crippen molar-refractivity contribution in [3.63, 3.8) is 0 Å². The molecule has 0 spiro atoms. The van der Waals surface area contributed by atoms with E-state index in [1.807, 2.05) is 6.07 Å². The molecular weight excluding hydrogens is 320 g/mol. The smallest absolute Gasteiger partial charge is 0.0702 e. The van der Waals surface area contributed by atoms with Gasteiger partial charge in [-0.15, -0.1) is 11.3 Å². The largest absolute Gasteiger partial charge is 0.326 e. The highest BCUT2D eigenvalue weighted by Crippen LogP contribution is 2.32. The molecule has 1 aromatic heterocycles. The van der Waals surface area contributed by atoms with Gasteiger partial charge in [-0.25, -0.2) is 0 Å². The van der Waals surface area contributed by atoms with E-state index in [9.17, 15) is 0 Å². The number of halogens is 1. The van der Waals surface area contributed by atoms with Gasteiger partial charge >= 0.3 is 0 Å². The van der Waals surface area contributed by atoms with E-state index in [0.717, 1.165) is 10.3 Å². The normalized spacial score (nSPS) is 14.6. The van der Waals surface area contributed by atoms with Crippen LogP contribution in [0.5, 0.6) is 0 Å². The second-order valence-electron chi connectivity index (χ2n) is 4.85. The Morgan fingerprint density at radius 2 is 1.89 bits per heavy atom. The number of likely N-dealkylation sites (N-methyl/N-ethyl adjacent to an activating group) is 1. The maximum absolute atomic E-state index is 6.18. The lowest BCUT2D eigenvalue weighted by molar-refractivity contribution is 0.214. The number of hydrogen-bond donors (Lipinski definition) is 1. The second-order valence-corrected chi connectivity index (χ2v) is 7.34. The molecule has 2 rings (SSSR count). The van der Waals surface area contributed by atoms with Gasteiger partial charge in [0, 0.05) is 17.5 Å². The van der Waals surface area contributed by atoms with Crippen molar-refractivity contribution in [2.75, 3.05) is 7.05 Å². The average Bonchev–Trinajstić information content (AvgIpc) is 2.76. The monoisotopic (exact) mass is 338 g/mol. The summed E-state index contributed by atoms with van der Waals surface area (Å²) in [7, 11) is 2.13. The van der Waals surface area contributed by atoms with Crippen molar-refractivity contribution in [2.24, 2.45) is 5.73 Å². The molecule has 2 unspecified atom stereocenters. The maximum Gasteiger partial charge on any atom is 0.0702 e. The van der Waals surface area contributed by atoms with Crippen molar-refractivity contribution in [1.29, 1.82) is 0 Å². The lowest BCUT2D eigenvalue weighted by Gasteiger charge is -2.30. The van der Waals surface area contributed by atoms with E-state index in [1.54, 1.807) is 11.3 Å². The molecule has 2 N–H and O–H groups in total. The van der Waals surface area contributed by atoms with Gasteiger partial charge in [0.25, 0.3) is 0 Å². The summed E-state index contributed by atoms with van der Waals surface area (Å²) in [5.41, 5.74) is 7.49. The van der Waals surface area contributed by atoms with Crippen LogP contribution >= 0.6 is 27.3 Å². The molecule has 2 nitrogen and oxygen atoms in total. The summed E-state index contributed by atoms with van der Waals surface area (Å²) in [4.78, 5) is 3.62. The molecule has 0 aliphatic carbocycles. The third-order valence-electron chi connectivity index (χ3n) is 3.13. The number of thiophene rings is 1. The molecule has 1 heterocycles. The zero-order chi connectivity index (χ0) is 13.8. The molecule has 0 fully saturated rings. The number of benzene rings is 1. The first-order valence-electron chi connectivity index (χ1n) is 6.33. The first-order valence-corrected chi connectivity index (χ1v) is 7.94. The second kappa shape index (κ2) is 6.66. The maximum atomic E-state index is 6.18. The van der Waals surface area contributed by atoms with Crippen LogP contribution in [0.25, 0.3) is 0 Å². The summed E-state index contributed by atoms with van der Waals surface area (Å²) in [6.07, 6.45) is 0. The van der Waals surface area contributed by atoms with Gasteiger partial charge in [0.2, 0.25) is 0 Å². The SMILES string of the molecule is CC(N)C(c1ccc(Br)s1)N(C)Cc1ccccc1. The van der Waals surface area contributed by atoms with Crippen LogP contribution in [0.3, 0.4) is 0 Å². The number of nitrogens with two attached hydrogens (primary N) is 1. The molecule has 0 amide bonds. The first kappa shape index (κ1) is 14.7. The predicted molar refractivity (Wildman–Crippen MR) is 86.3 cm³/mol. The zero-order valence-electron chi connectivity index (χ0n) is 11.2. The van der Waals surface area contributed by atoms with Crippen molar-refractivity contribution in [3.05, 3.63) is 56.7 Å². The fourth-order valence-corrected chi connectivity index (χ4v) is 4.04. The molecular formula is C15H19BrN2S. The Balaban J connectivity index is 2.15. The van der Waals surface area contributed by atoms with Crippen molar-refractivity contribution in [1.82, 2.24) is 4.90 Å². The van der Waals surface area contributed by atoms with E-state index >= 15 is 0 Å². The Kier molecular flexibility index (Phi) is 5.16.